The molecule has 0 aromatic rings. The van der Waals surface area contributed by atoms with E-state index in [-0.39, 0.29) is 5.92 Å². The number of ketones is 1. The van der Waals surface area contributed by atoms with Crippen molar-refractivity contribution in [3.8, 4) is 0 Å². The number of allylic oxidation sites excluding steroid dienone is 6. The van der Waals surface area contributed by atoms with Crippen molar-refractivity contribution in [3.05, 3.63) is 49.1 Å². The highest BCUT2D eigenvalue weighted by molar-refractivity contribution is 5.89. The van der Waals surface area contributed by atoms with E-state index in [4.69, 9.17) is 9.47 Å². The highest BCUT2D eigenvalue weighted by atomic mass is 16.7. The molecule has 1 saturated carbocycles. The first-order chi connectivity index (χ1) is 10.7. The van der Waals surface area contributed by atoms with Gasteiger partial charge in [-0.3, -0.25) is 4.79 Å². The van der Waals surface area contributed by atoms with Gasteiger partial charge >= 0.3 is 0 Å². The SMILES string of the molecule is C=C/C=C\C(=C/C=C)CC1CCC2(COCOC2)C1=O.CC. The Hall–Kier alpha value is -1.45. The second-order valence-electron chi connectivity index (χ2n) is 5.47. The molecule has 1 aliphatic heterocycles. The van der Waals surface area contributed by atoms with Crippen LogP contribution >= 0.6 is 0 Å². The summed E-state index contributed by atoms with van der Waals surface area (Å²) in [7, 11) is 0. The van der Waals surface area contributed by atoms with E-state index in [2.05, 4.69) is 13.2 Å². The van der Waals surface area contributed by atoms with Crippen molar-refractivity contribution in [2.75, 3.05) is 20.0 Å². The standard InChI is InChI=1S/C17H22O3.C2H6/c1-3-5-7-14(6-4-2)10-15-8-9-17(16(15)18)11-19-13-20-12-17;1-2/h3-7,15H,1-2,8-13H2;1-2H3/b7-5-,14-6+;. The van der Waals surface area contributed by atoms with Gasteiger partial charge in [0.05, 0.1) is 18.6 Å². The minimum Gasteiger partial charge on any atom is -0.354 e. The molecule has 2 rings (SSSR count). The van der Waals surface area contributed by atoms with Gasteiger partial charge in [0.25, 0.3) is 0 Å². The zero-order chi connectivity index (χ0) is 16.4. The molecule has 1 aliphatic carbocycles. The molecule has 0 radical (unpaired) electrons. The van der Waals surface area contributed by atoms with Gasteiger partial charge in [-0.15, -0.1) is 0 Å². The first-order valence-corrected chi connectivity index (χ1v) is 8.02. The molecular weight excluding hydrogens is 276 g/mol. The second kappa shape index (κ2) is 9.54. The third kappa shape index (κ3) is 4.52. The molecule has 1 heterocycles. The fourth-order valence-electron chi connectivity index (χ4n) is 3.01. The number of hydrogen-bond acceptors (Lipinski definition) is 3. The number of rotatable bonds is 5. The van der Waals surface area contributed by atoms with E-state index in [0.717, 1.165) is 24.8 Å². The van der Waals surface area contributed by atoms with Gasteiger partial charge < -0.3 is 9.47 Å². The van der Waals surface area contributed by atoms with E-state index in [1.54, 1.807) is 12.2 Å². The van der Waals surface area contributed by atoms with Crippen molar-refractivity contribution in [2.45, 2.75) is 33.1 Å². The largest absolute Gasteiger partial charge is 0.354 e. The maximum Gasteiger partial charge on any atom is 0.147 e. The Kier molecular flexibility index (Phi) is 8.07. The minimum absolute atomic E-state index is 0.0564. The highest BCUT2D eigenvalue weighted by Crippen LogP contribution is 2.42. The maximum absolute atomic E-state index is 12.6. The molecule has 22 heavy (non-hydrogen) atoms. The van der Waals surface area contributed by atoms with Crippen molar-refractivity contribution in [1.82, 2.24) is 0 Å². The van der Waals surface area contributed by atoms with Crippen molar-refractivity contribution < 1.29 is 14.3 Å². The Labute approximate surface area is 134 Å². The summed E-state index contributed by atoms with van der Waals surface area (Å²) in [5.74, 6) is 0.347. The van der Waals surface area contributed by atoms with Crippen molar-refractivity contribution in [1.29, 1.82) is 0 Å². The molecule has 3 heteroatoms. The van der Waals surface area contributed by atoms with Crippen LogP contribution in [-0.2, 0) is 14.3 Å². The normalized spacial score (nSPS) is 24.2. The molecule has 2 aliphatic rings. The van der Waals surface area contributed by atoms with Gasteiger partial charge in [-0.1, -0.05) is 57.4 Å². The van der Waals surface area contributed by atoms with Gasteiger partial charge in [-0.05, 0) is 24.8 Å². The Morgan fingerprint density at radius 2 is 1.95 bits per heavy atom. The molecule has 122 valence electrons. The summed E-state index contributed by atoms with van der Waals surface area (Å²) < 4.78 is 10.7. The van der Waals surface area contributed by atoms with Crippen LogP contribution < -0.4 is 0 Å². The van der Waals surface area contributed by atoms with Crippen LogP contribution in [0, 0.1) is 11.3 Å². The van der Waals surface area contributed by atoms with Crippen LogP contribution in [0.5, 0.6) is 0 Å². The molecule has 0 aromatic heterocycles. The van der Waals surface area contributed by atoms with Gasteiger partial charge in [0, 0.05) is 5.92 Å². The van der Waals surface area contributed by atoms with E-state index in [1.165, 1.54) is 0 Å². The van der Waals surface area contributed by atoms with Gasteiger partial charge in [-0.2, -0.15) is 0 Å². The first-order valence-electron chi connectivity index (χ1n) is 8.02. The van der Waals surface area contributed by atoms with Crippen molar-refractivity contribution in [2.24, 2.45) is 11.3 Å². The molecular formula is C19H28O3. The molecule has 1 spiro atoms. The topological polar surface area (TPSA) is 35.5 Å². The van der Waals surface area contributed by atoms with Crippen LogP contribution in [0.1, 0.15) is 33.1 Å². The predicted octanol–water partition coefficient (Wildman–Crippen LogP) is 4.23. The van der Waals surface area contributed by atoms with Crippen molar-refractivity contribution >= 4 is 5.78 Å². The van der Waals surface area contributed by atoms with Crippen LogP contribution in [0.3, 0.4) is 0 Å². The summed E-state index contributed by atoms with van der Waals surface area (Å²) in [6, 6.07) is 0. The lowest BCUT2D eigenvalue weighted by Crippen LogP contribution is -2.42. The average molecular weight is 304 g/mol. The summed E-state index contributed by atoms with van der Waals surface area (Å²) in [5.41, 5.74) is 0.706. The van der Waals surface area contributed by atoms with Gasteiger partial charge in [0.15, 0.2) is 0 Å². The molecule has 1 saturated heterocycles. The molecule has 1 atom stereocenters. The molecule has 0 N–H and O–H groups in total. The van der Waals surface area contributed by atoms with E-state index in [1.807, 2.05) is 32.1 Å². The summed E-state index contributed by atoms with van der Waals surface area (Å²) >= 11 is 0. The quantitative estimate of drug-likeness (QED) is 0.713. The fourth-order valence-corrected chi connectivity index (χ4v) is 3.01. The van der Waals surface area contributed by atoms with Crippen molar-refractivity contribution in [3.63, 3.8) is 0 Å². The predicted molar refractivity (Wildman–Crippen MR) is 90.5 cm³/mol. The smallest absolute Gasteiger partial charge is 0.147 e. The number of carbonyl (C=O) groups is 1. The van der Waals surface area contributed by atoms with Crippen LogP contribution in [0.2, 0.25) is 0 Å². The number of carbonyl (C=O) groups excluding carboxylic acids is 1. The molecule has 1 unspecified atom stereocenters. The number of ether oxygens (including phenoxy) is 2. The van der Waals surface area contributed by atoms with E-state index in [0.29, 0.717) is 25.8 Å². The van der Waals surface area contributed by atoms with E-state index >= 15 is 0 Å². The molecule has 3 nitrogen and oxygen atoms in total. The van der Waals surface area contributed by atoms with E-state index < -0.39 is 5.41 Å². The lowest BCUT2D eigenvalue weighted by Gasteiger charge is -2.31. The van der Waals surface area contributed by atoms with Crippen LogP contribution in [0.15, 0.2) is 49.1 Å². The first kappa shape index (κ1) is 18.6. The minimum atomic E-state index is -0.398. The average Bonchev–Trinajstić information content (AvgIpc) is 2.85. The lowest BCUT2D eigenvalue weighted by atomic mass is 9.84. The summed E-state index contributed by atoms with van der Waals surface area (Å²) in [6.45, 7) is 12.7. The summed E-state index contributed by atoms with van der Waals surface area (Å²) in [4.78, 5) is 12.6. The third-order valence-corrected chi connectivity index (χ3v) is 4.05. The maximum atomic E-state index is 12.6. The van der Waals surface area contributed by atoms with Crippen LogP contribution in [0.25, 0.3) is 0 Å². The molecule has 0 amide bonds. The van der Waals surface area contributed by atoms with Gasteiger partial charge in [0.1, 0.15) is 12.6 Å². The third-order valence-electron chi connectivity index (χ3n) is 4.05. The summed E-state index contributed by atoms with van der Waals surface area (Å²) in [6.07, 6.45) is 11.8. The van der Waals surface area contributed by atoms with E-state index in [9.17, 15) is 4.79 Å². The Morgan fingerprint density at radius 1 is 1.27 bits per heavy atom. The fraction of sp³-hybridized carbons (Fsp3) is 0.526. The second-order valence-corrected chi connectivity index (χ2v) is 5.47. The van der Waals surface area contributed by atoms with Gasteiger partial charge in [-0.25, -0.2) is 0 Å². The monoisotopic (exact) mass is 304 g/mol. The molecule has 2 fully saturated rings. The zero-order valence-electron chi connectivity index (χ0n) is 13.8. The lowest BCUT2D eigenvalue weighted by molar-refractivity contribution is -0.173. The Morgan fingerprint density at radius 3 is 2.55 bits per heavy atom. The highest BCUT2D eigenvalue weighted by Gasteiger charge is 2.49. The Bertz CT molecular complexity index is 440. The van der Waals surface area contributed by atoms with Crippen LogP contribution in [0.4, 0.5) is 0 Å². The Balaban J connectivity index is 0.00000116. The zero-order valence-corrected chi connectivity index (χ0v) is 13.8. The summed E-state index contributed by atoms with van der Waals surface area (Å²) in [5, 5.41) is 0. The number of hydrogen-bond donors (Lipinski definition) is 0. The van der Waals surface area contributed by atoms with Gasteiger partial charge in [0.2, 0.25) is 0 Å². The molecule has 0 aromatic carbocycles. The van der Waals surface area contributed by atoms with Crippen LogP contribution in [-0.4, -0.2) is 25.8 Å². The molecule has 0 bridgehead atoms. The number of Topliss-reactive ketones (excluding diaryl/α,β-unsaturated/α-hetero) is 1.